The van der Waals surface area contributed by atoms with Crippen LogP contribution in [0.5, 0.6) is 17.2 Å². The molecule has 7 nitrogen and oxygen atoms in total. The van der Waals surface area contributed by atoms with Gasteiger partial charge in [0.2, 0.25) is 11.8 Å². The lowest BCUT2D eigenvalue weighted by molar-refractivity contribution is -0.131. The van der Waals surface area contributed by atoms with Crippen molar-refractivity contribution in [3.63, 3.8) is 0 Å². The molecule has 2 bridgehead atoms. The summed E-state index contributed by atoms with van der Waals surface area (Å²) >= 11 is 0. The second kappa shape index (κ2) is 9.46. The zero-order chi connectivity index (χ0) is 28.2. The van der Waals surface area contributed by atoms with Crippen molar-refractivity contribution >= 4 is 28.3 Å². The molecule has 0 N–H and O–H groups in total. The van der Waals surface area contributed by atoms with Crippen LogP contribution in [0.15, 0.2) is 91.0 Å². The smallest absolute Gasteiger partial charge is 0.240 e. The average molecular weight is 545 g/mol. The van der Waals surface area contributed by atoms with E-state index in [9.17, 15) is 14.9 Å². The third-order valence-corrected chi connectivity index (χ3v) is 8.87. The molecule has 0 aromatic heterocycles. The van der Waals surface area contributed by atoms with E-state index in [-0.39, 0.29) is 11.8 Å². The number of ether oxygens (including phenoxy) is 3. The zero-order valence-electron chi connectivity index (χ0n) is 22.6. The Morgan fingerprint density at radius 2 is 1.54 bits per heavy atom. The molecule has 0 radical (unpaired) electrons. The quantitative estimate of drug-likeness (QED) is 0.250. The molecule has 0 spiro atoms. The minimum atomic E-state index is -0.791. The van der Waals surface area contributed by atoms with Crippen LogP contribution in [0.4, 0.5) is 5.69 Å². The van der Waals surface area contributed by atoms with Gasteiger partial charge in [-0.3, -0.25) is 9.59 Å². The Labute approximate surface area is 237 Å². The summed E-state index contributed by atoms with van der Waals surface area (Å²) in [7, 11) is 0. The summed E-state index contributed by atoms with van der Waals surface area (Å²) < 4.78 is 18.5. The van der Waals surface area contributed by atoms with E-state index in [4.69, 9.17) is 14.2 Å². The molecule has 204 valence electrons. The van der Waals surface area contributed by atoms with Crippen LogP contribution < -0.4 is 14.4 Å². The van der Waals surface area contributed by atoms with Gasteiger partial charge in [-0.05, 0) is 67.6 Å². The summed E-state index contributed by atoms with van der Waals surface area (Å²) in [4.78, 5) is 29.1. The van der Waals surface area contributed by atoms with Crippen molar-refractivity contribution in [2.75, 3.05) is 11.5 Å². The number of nitrogens with zero attached hydrogens (tertiary/aromatic N) is 2. The topological polar surface area (TPSA) is 88.9 Å². The zero-order valence-corrected chi connectivity index (χ0v) is 22.6. The molecular weight excluding hydrogens is 516 g/mol. The van der Waals surface area contributed by atoms with E-state index in [1.807, 2.05) is 91.9 Å². The first-order chi connectivity index (χ1) is 19.9. The highest BCUT2D eigenvalue weighted by atomic mass is 16.5. The predicted octanol–water partition coefficient (Wildman–Crippen LogP) is 6.40. The van der Waals surface area contributed by atoms with Crippen molar-refractivity contribution in [2.45, 2.75) is 37.4 Å². The number of anilines is 1. The van der Waals surface area contributed by atoms with E-state index >= 15 is 0 Å². The van der Waals surface area contributed by atoms with Crippen molar-refractivity contribution in [3.8, 4) is 23.3 Å². The number of hydrogen-bond acceptors (Lipinski definition) is 6. The Bertz CT molecular complexity index is 1710. The molecule has 3 fully saturated rings. The number of carbonyl (C=O) groups is 2. The molecule has 3 aliphatic rings. The number of rotatable bonds is 7. The lowest BCUT2D eigenvalue weighted by Gasteiger charge is -2.31. The van der Waals surface area contributed by atoms with Crippen LogP contribution >= 0.6 is 0 Å². The lowest BCUT2D eigenvalue weighted by Crippen LogP contribution is -2.43. The Hall–Kier alpha value is -4.67. The largest absolute Gasteiger partial charge is 0.493 e. The maximum absolute atomic E-state index is 14.0. The molecule has 4 aromatic rings. The molecule has 3 saturated heterocycles. The SMILES string of the molecule is CC12CCC(CCOc3ccc(Oc4ccccc4)cc3)(O1)C1C(=O)N(c3ccc4ccccc4c3C#N)C(=O)C12. The number of carbonyl (C=O) groups excluding carboxylic acids is 2. The standard InChI is InChI=1S/C34H28N2O5/c1-33-17-18-34(41-33,19-20-39-23-12-14-25(15-13-23)40-24-8-3-2-4-9-24)30-29(33)31(37)36(32(30)38)28-16-11-22-7-5-6-10-26(22)27(28)21-35/h2-16,29-30H,17-20H2,1H3. The van der Waals surface area contributed by atoms with Gasteiger partial charge in [0.15, 0.2) is 0 Å². The van der Waals surface area contributed by atoms with Crippen LogP contribution in [0.2, 0.25) is 0 Å². The van der Waals surface area contributed by atoms with Crippen molar-refractivity contribution in [2.24, 2.45) is 11.8 Å². The monoisotopic (exact) mass is 544 g/mol. The van der Waals surface area contributed by atoms with E-state index in [0.29, 0.717) is 48.6 Å². The first kappa shape index (κ1) is 25.3. The van der Waals surface area contributed by atoms with Crippen LogP contribution in [-0.4, -0.2) is 29.6 Å². The third kappa shape index (κ3) is 3.98. The van der Waals surface area contributed by atoms with Crippen LogP contribution in [0.25, 0.3) is 10.8 Å². The molecule has 2 amide bonds. The second-order valence-electron chi connectivity index (χ2n) is 11.2. The van der Waals surface area contributed by atoms with E-state index in [0.717, 1.165) is 16.5 Å². The summed E-state index contributed by atoms with van der Waals surface area (Å²) in [5.41, 5.74) is -0.837. The molecule has 7 rings (SSSR count). The van der Waals surface area contributed by atoms with E-state index in [1.54, 1.807) is 6.07 Å². The summed E-state index contributed by atoms with van der Waals surface area (Å²) in [5.74, 6) is 0.364. The number of nitriles is 1. The van der Waals surface area contributed by atoms with Gasteiger partial charge in [-0.15, -0.1) is 0 Å². The lowest BCUT2D eigenvalue weighted by atomic mass is 9.67. The fourth-order valence-electron chi connectivity index (χ4n) is 6.98. The summed E-state index contributed by atoms with van der Waals surface area (Å²) in [6.07, 6.45) is 1.84. The van der Waals surface area contributed by atoms with Gasteiger partial charge in [-0.1, -0.05) is 48.5 Å². The number of amides is 2. The summed E-state index contributed by atoms with van der Waals surface area (Å²) in [6, 6.07) is 30.3. The van der Waals surface area contributed by atoms with Gasteiger partial charge >= 0.3 is 0 Å². The number of para-hydroxylation sites is 1. The number of hydrogen-bond donors (Lipinski definition) is 0. The molecule has 3 heterocycles. The molecule has 3 aliphatic heterocycles. The van der Waals surface area contributed by atoms with Crippen LogP contribution in [0.1, 0.15) is 31.7 Å². The Morgan fingerprint density at radius 1 is 0.854 bits per heavy atom. The van der Waals surface area contributed by atoms with E-state index in [1.165, 1.54) is 4.90 Å². The van der Waals surface area contributed by atoms with E-state index in [2.05, 4.69) is 6.07 Å². The van der Waals surface area contributed by atoms with Gasteiger partial charge in [-0.25, -0.2) is 4.90 Å². The molecule has 4 unspecified atom stereocenters. The highest BCUT2D eigenvalue weighted by Gasteiger charge is 2.74. The van der Waals surface area contributed by atoms with Crippen LogP contribution in [0.3, 0.4) is 0 Å². The van der Waals surface area contributed by atoms with Gasteiger partial charge < -0.3 is 14.2 Å². The molecule has 0 saturated carbocycles. The predicted molar refractivity (Wildman–Crippen MR) is 153 cm³/mol. The third-order valence-electron chi connectivity index (χ3n) is 8.87. The van der Waals surface area contributed by atoms with Crippen molar-refractivity contribution in [3.05, 3.63) is 96.6 Å². The van der Waals surface area contributed by atoms with Crippen molar-refractivity contribution < 1.29 is 23.8 Å². The maximum Gasteiger partial charge on any atom is 0.240 e. The maximum atomic E-state index is 14.0. The number of imide groups is 1. The molecular formula is C34H28N2O5. The average Bonchev–Trinajstić information content (AvgIpc) is 3.57. The summed E-state index contributed by atoms with van der Waals surface area (Å²) in [5, 5.41) is 11.6. The molecule has 4 atom stereocenters. The van der Waals surface area contributed by atoms with Crippen LogP contribution in [0, 0.1) is 23.2 Å². The molecule has 0 aliphatic carbocycles. The van der Waals surface area contributed by atoms with Crippen molar-refractivity contribution in [1.82, 2.24) is 0 Å². The highest BCUT2D eigenvalue weighted by Crippen LogP contribution is 2.62. The van der Waals surface area contributed by atoms with Gasteiger partial charge in [-0.2, -0.15) is 5.26 Å². The molecule has 41 heavy (non-hydrogen) atoms. The Kier molecular flexibility index (Phi) is 5.84. The Morgan fingerprint density at radius 3 is 2.32 bits per heavy atom. The van der Waals surface area contributed by atoms with Gasteiger partial charge in [0, 0.05) is 11.8 Å². The normalized spacial score (nSPS) is 26.3. The highest BCUT2D eigenvalue weighted by molar-refractivity contribution is 6.24. The number of fused-ring (bicyclic) bond motifs is 6. The van der Waals surface area contributed by atoms with Crippen molar-refractivity contribution in [1.29, 1.82) is 5.26 Å². The fraction of sp³-hybridized carbons (Fsp3) is 0.265. The number of benzene rings is 4. The fourth-order valence-corrected chi connectivity index (χ4v) is 6.98. The van der Waals surface area contributed by atoms with E-state index < -0.39 is 23.0 Å². The first-order valence-electron chi connectivity index (χ1n) is 13.9. The van der Waals surface area contributed by atoms with Gasteiger partial charge in [0.05, 0.1) is 40.9 Å². The Balaban J connectivity index is 1.10. The van der Waals surface area contributed by atoms with Gasteiger partial charge in [0.25, 0.3) is 0 Å². The molecule has 4 aromatic carbocycles. The second-order valence-corrected chi connectivity index (χ2v) is 11.2. The molecule has 7 heteroatoms. The minimum absolute atomic E-state index is 0.286. The van der Waals surface area contributed by atoms with Gasteiger partial charge in [0.1, 0.15) is 23.3 Å². The first-order valence-corrected chi connectivity index (χ1v) is 13.9. The minimum Gasteiger partial charge on any atom is -0.493 e. The summed E-state index contributed by atoms with van der Waals surface area (Å²) in [6.45, 7) is 2.27. The van der Waals surface area contributed by atoms with Crippen LogP contribution in [-0.2, 0) is 14.3 Å².